The molecule has 0 aliphatic carbocycles. The van der Waals surface area contributed by atoms with E-state index in [2.05, 4.69) is 6.92 Å². The summed E-state index contributed by atoms with van der Waals surface area (Å²) in [6.07, 6.45) is 8.13. The van der Waals surface area contributed by atoms with E-state index in [1.807, 2.05) is 0 Å². The van der Waals surface area contributed by atoms with Crippen LogP contribution in [-0.2, 0) is 16.1 Å². The fraction of sp³-hybridized carbons (Fsp3) is 0.632. The van der Waals surface area contributed by atoms with Gasteiger partial charge >= 0.3 is 5.97 Å². The summed E-state index contributed by atoms with van der Waals surface area (Å²) in [6.45, 7) is 2.02. The molecule has 1 aromatic rings. The van der Waals surface area contributed by atoms with Crippen molar-refractivity contribution in [1.29, 1.82) is 0 Å². The lowest BCUT2D eigenvalue weighted by molar-refractivity contribution is -0.385. The molecule has 0 amide bonds. The van der Waals surface area contributed by atoms with Crippen molar-refractivity contribution in [3.05, 3.63) is 27.8 Å². The fourth-order valence-electron chi connectivity index (χ4n) is 2.65. The minimum absolute atomic E-state index is 0.161. The Morgan fingerprint density at radius 1 is 1.00 bits per heavy atom. The SMILES string of the molecule is CCCCCCCCCC(=O)OCc1cc(OC)c(OC)cc1[N+](=O)[O-]. The number of hydrogen-bond acceptors (Lipinski definition) is 6. The van der Waals surface area contributed by atoms with Crippen LogP contribution in [-0.4, -0.2) is 25.1 Å². The highest BCUT2D eigenvalue weighted by Gasteiger charge is 2.20. The normalized spacial score (nSPS) is 10.4. The second kappa shape index (κ2) is 12.1. The molecule has 0 fully saturated rings. The molecule has 7 nitrogen and oxygen atoms in total. The predicted octanol–water partition coefficient (Wildman–Crippen LogP) is 4.80. The number of unbranched alkanes of at least 4 members (excludes halogenated alkanes) is 6. The van der Waals surface area contributed by atoms with Crippen LogP contribution in [0, 0.1) is 10.1 Å². The maximum Gasteiger partial charge on any atom is 0.306 e. The van der Waals surface area contributed by atoms with E-state index in [-0.39, 0.29) is 29.6 Å². The van der Waals surface area contributed by atoms with Gasteiger partial charge in [-0.2, -0.15) is 0 Å². The maximum atomic E-state index is 11.9. The van der Waals surface area contributed by atoms with E-state index >= 15 is 0 Å². The molecule has 0 radical (unpaired) electrons. The van der Waals surface area contributed by atoms with E-state index in [9.17, 15) is 14.9 Å². The topological polar surface area (TPSA) is 87.9 Å². The highest BCUT2D eigenvalue weighted by Crippen LogP contribution is 2.34. The third-order valence-corrected chi connectivity index (χ3v) is 4.15. The fourth-order valence-corrected chi connectivity index (χ4v) is 2.65. The Morgan fingerprint density at radius 2 is 1.58 bits per heavy atom. The van der Waals surface area contributed by atoms with Crippen LogP contribution in [0.25, 0.3) is 0 Å². The van der Waals surface area contributed by atoms with Crippen LogP contribution in [0.3, 0.4) is 0 Å². The summed E-state index contributed by atoms with van der Waals surface area (Å²) in [5.41, 5.74) is 0.118. The molecule has 0 unspecified atom stereocenters. The number of rotatable bonds is 13. The van der Waals surface area contributed by atoms with Gasteiger partial charge < -0.3 is 14.2 Å². The molecule has 7 heteroatoms. The molecule has 0 aromatic heterocycles. The number of nitrogens with zero attached hydrogens (tertiary/aromatic N) is 1. The Balaban J connectivity index is 2.50. The Morgan fingerprint density at radius 3 is 2.15 bits per heavy atom. The van der Waals surface area contributed by atoms with Crippen LogP contribution in [0.2, 0.25) is 0 Å². The van der Waals surface area contributed by atoms with Gasteiger partial charge in [0.1, 0.15) is 6.61 Å². The van der Waals surface area contributed by atoms with Gasteiger partial charge in [0.2, 0.25) is 0 Å². The average Bonchev–Trinajstić information content (AvgIpc) is 2.64. The Hall–Kier alpha value is -2.31. The van der Waals surface area contributed by atoms with Crippen LogP contribution in [0.5, 0.6) is 11.5 Å². The molecule has 1 rings (SSSR count). The van der Waals surface area contributed by atoms with Gasteiger partial charge in [-0.25, -0.2) is 0 Å². The second-order valence-electron chi connectivity index (χ2n) is 6.13. The summed E-state index contributed by atoms with van der Waals surface area (Å²) in [6, 6.07) is 2.75. The summed E-state index contributed by atoms with van der Waals surface area (Å²) < 4.78 is 15.4. The summed E-state index contributed by atoms with van der Waals surface area (Å²) >= 11 is 0. The van der Waals surface area contributed by atoms with Crippen molar-refractivity contribution in [2.75, 3.05) is 14.2 Å². The van der Waals surface area contributed by atoms with Crippen molar-refractivity contribution in [2.24, 2.45) is 0 Å². The minimum atomic E-state index is -0.526. The van der Waals surface area contributed by atoms with Gasteiger partial charge in [-0.15, -0.1) is 0 Å². The number of hydrogen-bond donors (Lipinski definition) is 0. The molecule has 0 N–H and O–H groups in total. The monoisotopic (exact) mass is 367 g/mol. The quantitative estimate of drug-likeness (QED) is 0.215. The number of nitro benzene ring substituents is 1. The van der Waals surface area contributed by atoms with Gasteiger partial charge in [-0.1, -0.05) is 45.4 Å². The smallest absolute Gasteiger partial charge is 0.306 e. The van der Waals surface area contributed by atoms with E-state index in [0.29, 0.717) is 12.2 Å². The van der Waals surface area contributed by atoms with Crippen molar-refractivity contribution >= 4 is 11.7 Å². The zero-order valence-corrected chi connectivity index (χ0v) is 15.9. The molecular weight excluding hydrogens is 338 g/mol. The zero-order valence-electron chi connectivity index (χ0n) is 15.9. The molecule has 0 heterocycles. The van der Waals surface area contributed by atoms with E-state index in [1.165, 1.54) is 52.0 Å². The van der Waals surface area contributed by atoms with Crippen molar-refractivity contribution in [1.82, 2.24) is 0 Å². The van der Waals surface area contributed by atoms with E-state index in [4.69, 9.17) is 14.2 Å². The van der Waals surface area contributed by atoms with Crippen LogP contribution in [0.15, 0.2) is 12.1 Å². The number of nitro groups is 1. The molecule has 0 aliphatic rings. The zero-order chi connectivity index (χ0) is 19.4. The van der Waals surface area contributed by atoms with E-state index in [1.54, 1.807) is 0 Å². The maximum absolute atomic E-state index is 11.9. The standard InChI is InChI=1S/C19H29NO6/c1-4-5-6-7-8-9-10-11-19(21)26-14-15-12-17(24-2)18(25-3)13-16(15)20(22)23/h12-13H,4-11,14H2,1-3H3. The number of ether oxygens (including phenoxy) is 3. The minimum Gasteiger partial charge on any atom is -0.493 e. The molecule has 0 saturated heterocycles. The molecular formula is C19H29NO6. The number of esters is 1. The van der Waals surface area contributed by atoms with Crippen LogP contribution in [0.4, 0.5) is 5.69 Å². The lowest BCUT2D eigenvalue weighted by Crippen LogP contribution is -2.07. The van der Waals surface area contributed by atoms with Gasteiger partial charge in [-0.3, -0.25) is 14.9 Å². The number of benzene rings is 1. The Bertz CT molecular complexity index is 588. The first-order valence-electron chi connectivity index (χ1n) is 9.08. The largest absolute Gasteiger partial charge is 0.493 e. The van der Waals surface area contributed by atoms with Crippen molar-refractivity contribution < 1.29 is 23.9 Å². The molecule has 0 bridgehead atoms. The first-order chi connectivity index (χ1) is 12.5. The van der Waals surface area contributed by atoms with Gasteiger partial charge in [0.15, 0.2) is 11.5 Å². The summed E-state index contributed by atoms with van der Waals surface area (Å²) in [7, 11) is 2.85. The lowest BCUT2D eigenvalue weighted by atomic mass is 10.1. The number of carbonyl (C=O) groups excluding carboxylic acids is 1. The molecule has 0 aliphatic heterocycles. The molecule has 0 spiro atoms. The van der Waals surface area contributed by atoms with Gasteiger partial charge in [0.05, 0.1) is 30.8 Å². The summed E-state index contributed by atoms with van der Waals surface area (Å²) in [5, 5.41) is 11.2. The Kier molecular flexibility index (Phi) is 10.1. The summed E-state index contributed by atoms with van der Waals surface area (Å²) in [5.74, 6) is 0.274. The molecule has 1 aromatic carbocycles. The highest BCUT2D eigenvalue weighted by atomic mass is 16.6. The number of methoxy groups -OCH3 is 2. The lowest BCUT2D eigenvalue weighted by Gasteiger charge is -2.11. The van der Waals surface area contributed by atoms with Crippen molar-refractivity contribution in [3.63, 3.8) is 0 Å². The molecule has 26 heavy (non-hydrogen) atoms. The first-order valence-corrected chi connectivity index (χ1v) is 9.08. The van der Waals surface area contributed by atoms with E-state index in [0.717, 1.165) is 19.3 Å². The van der Waals surface area contributed by atoms with Gasteiger partial charge in [0.25, 0.3) is 5.69 Å². The molecule has 0 saturated carbocycles. The van der Waals surface area contributed by atoms with E-state index < -0.39 is 4.92 Å². The van der Waals surface area contributed by atoms with Gasteiger partial charge in [0, 0.05) is 6.42 Å². The summed E-state index contributed by atoms with van der Waals surface area (Å²) in [4.78, 5) is 22.6. The predicted molar refractivity (Wildman–Crippen MR) is 98.6 cm³/mol. The first kappa shape index (κ1) is 21.7. The number of carbonyl (C=O) groups is 1. The van der Waals surface area contributed by atoms with Crippen molar-refractivity contribution in [3.8, 4) is 11.5 Å². The second-order valence-corrected chi connectivity index (χ2v) is 6.13. The van der Waals surface area contributed by atoms with Crippen LogP contribution in [0.1, 0.15) is 63.9 Å². The third-order valence-electron chi connectivity index (χ3n) is 4.15. The highest BCUT2D eigenvalue weighted by molar-refractivity contribution is 5.69. The van der Waals surface area contributed by atoms with Crippen LogP contribution < -0.4 is 9.47 Å². The Labute approximate surface area is 154 Å². The molecule has 146 valence electrons. The van der Waals surface area contributed by atoms with Gasteiger partial charge in [-0.05, 0) is 12.5 Å². The van der Waals surface area contributed by atoms with Crippen LogP contribution >= 0.6 is 0 Å². The molecule has 0 atom stereocenters. The van der Waals surface area contributed by atoms with Crippen molar-refractivity contribution in [2.45, 2.75) is 64.9 Å². The third kappa shape index (κ3) is 7.29. The average molecular weight is 367 g/mol.